The molecule has 5 aliphatic rings. The fourth-order valence-electron chi connectivity index (χ4n) is 10.8. The third-order valence-electron chi connectivity index (χ3n) is 12.7. The molecule has 0 bridgehead atoms. The number of hydrogen-bond donors (Lipinski definition) is 1. The predicted molar refractivity (Wildman–Crippen MR) is 177 cm³/mol. The number of fused-ring (bicyclic) bond motifs is 6. The number of esters is 4. The van der Waals surface area contributed by atoms with Gasteiger partial charge in [-0.2, -0.15) is 0 Å². The number of aryl methyl sites for hydroxylation is 1. The van der Waals surface area contributed by atoms with Gasteiger partial charge in [0.15, 0.2) is 11.5 Å². The summed E-state index contributed by atoms with van der Waals surface area (Å²) in [6, 6.07) is 5.77. The van der Waals surface area contributed by atoms with Crippen LogP contribution in [-0.4, -0.2) is 79.5 Å². The maximum Gasteiger partial charge on any atom is 0.303 e. The normalized spacial score (nSPS) is 38.1. The summed E-state index contributed by atoms with van der Waals surface area (Å²) in [5.74, 6) is -1.88. The molecule has 2 saturated carbocycles. The second kappa shape index (κ2) is 13.2. The molecule has 10 atom stereocenters. The van der Waals surface area contributed by atoms with Crippen molar-refractivity contribution in [3.63, 3.8) is 0 Å². The van der Waals surface area contributed by atoms with E-state index in [0.29, 0.717) is 55.8 Å². The number of aliphatic hydroxyl groups is 1. The van der Waals surface area contributed by atoms with Gasteiger partial charge in [-0.3, -0.25) is 19.2 Å². The maximum absolute atomic E-state index is 13.0. The molecule has 6 rings (SSSR count). The third-order valence-corrected chi connectivity index (χ3v) is 12.7. The van der Waals surface area contributed by atoms with Crippen molar-refractivity contribution in [2.24, 2.45) is 34.0 Å². The van der Waals surface area contributed by atoms with Gasteiger partial charge in [0.05, 0.1) is 25.4 Å². The average Bonchev–Trinajstić information content (AvgIpc) is 3.68. The summed E-state index contributed by atoms with van der Waals surface area (Å²) in [7, 11) is 0. The largest absolute Gasteiger partial charge is 0.466 e. The Bertz CT molecular complexity index is 1570. The molecule has 1 aromatic rings. The quantitative estimate of drug-likeness (QED) is 0.220. The van der Waals surface area contributed by atoms with Gasteiger partial charge in [-0.25, -0.2) is 0 Å². The van der Waals surface area contributed by atoms with Gasteiger partial charge in [0.2, 0.25) is 6.79 Å². The van der Waals surface area contributed by atoms with Crippen molar-refractivity contribution < 1.29 is 57.4 Å². The second-order valence-corrected chi connectivity index (χ2v) is 15.4. The highest BCUT2D eigenvalue weighted by Crippen LogP contribution is 2.72. The Labute approximate surface area is 293 Å². The minimum absolute atomic E-state index is 0.0675. The molecular weight excluding hydrogens is 648 g/mol. The van der Waals surface area contributed by atoms with E-state index in [4.69, 9.17) is 33.2 Å². The number of carbonyl (C=O) groups is 4. The Morgan fingerprint density at radius 2 is 1.60 bits per heavy atom. The molecule has 2 aliphatic heterocycles. The molecule has 3 fully saturated rings. The summed E-state index contributed by atoms with van der Waals surface area (Å²) in [4.78, 5) is 50.5. The van der Waals surface area contributed by atoms with E-state index in [1.165, 1.54) is 27.7 Å². The summed E-state index contributed by atoms with van der Waals surface area (Å²) in [6.45, 7) is 12.2. The molecule has 274 valence electrons. The lowest BCUT2D eigenvalue weighted by Gasteiger charge is -2.70. The molecule has 0 amide bonds. The minimum atomic E-state index is -1.32. The SMILES string of the molecule is CC(=O)OCC[C@]12COC[C@H]1[C@]1(C)CC[C@@H]3[C@@](C)(C1[C@H](OC(C)=O)[C@@H]2OC(C)=O)[C@H](OC(C)=O)C=C(C)[C@]3(O)CCc1ccc2c(c1)OCO2. The first-order valence-corrected chi connectivity index (χ1v) is 17.6. The Morgan fingerprint density at radius 1 is 0.900 bits per heavy atom. The first-order chi connectivity index (χ1) is 23.6. The van der Waals surface area contributed by atoms with E-state index in [0.717, 1.165) is 5.56 Å². The molecule has 3 aliphatic carbocycles. The van der Waals surface area contributed by atoms with Gasteiger partial charge in [-0.05, 0) is 79.7 Å². The van der Waals surface area contributed by atoms with Gasteiger partial charge in [-0.15, -0.1) is 0 Å². The average molecular weight is 699 g/mol. The van der Waals surface area contributed by atoms with Crippen LogP contribution in [0.1, 0.15) is 79.7 Å². The molecule has 12 nitrogen and oxygen atoms in total. The summed E-state index contributed by atoms with van der Waals surface area (Å²) < 4.78 is 41.4. The zero-order chi connectivity index (χ0) is 36.2. The molecule has 1 unspecified atom stereocenters. The van der Waals surface area contributed by atoms with E-state index in [-0.39, 0.29) is 25.9 Å². The van der Waals surface area contributed by atoms with Crippen LogP contribution in [0.5, 0.6) is 11.5 Å². The van der Waals surface area contributed by atoms with Crippen molar-refractivity contribution in [2.75, 3.05) is 26.6 Å². The van der Waals surface area contributed by atoms with Crippen molar-refractivity contribution in [3.8, 4) is 11.5 Å². The van der Waals surface area contributed by atoms with Gasteiger partial charge in [0.1, 0.15) is 18.3 Å². The number of carbonyl (C=O) groups excluding carboxylic acids is 4. The molecule has 0 aromatic heterocycles. The van der Waals surface area contributed by atoms with Crippen molar-refractivity contribution in [1.82, 2.24) is 0 Å². The van der Waals surface area contributed by atoms with Gasteiger partial charge >= 0.3 is 23.9 Å². The lowest BCUT2D eigenvalue weighted by molar-refractivity contribution is -0.287. The van der Waals surface area contributed by atoms with E-state index in [1.807, 2.05) is 38.1 Å². The standard InChI is InChI=1S/C38H50O12/c1-21-16-31(48-23(3)40)36(7)29(38(21,43)13-10-26-8-9-27-28(17-26)47-20-46-27)11-12-35(6)30-18-44-19-37(30,14-15-45-22(2)39)34(50-25(5)42)32(33(35)36)49-24(4)41/h8-9,16-17,29-34,43H,10-15,18-20H2,1-7H3/t29-,30+,31-,32+,33?,34+,35+,36-,37+,38-/m1/s1. The lowest BCUT2D eigenvalue weighted by Crippen LogP contribution is -2.74. The minimum Gasteiger partial charge on any atom is -0.466 e. The molecule has 2 heterocycles. The number of hydrogen-bond acceptors (Lipinski definition) is 12. The van der Waals surface area contributed by atoms with Crippen LogP contribution in [0.4, 0.5) is 0 Å². The highest BCUT2D eigenvalue weighted by atomic mass is 16.7. The second-order valence-electron chi connectivity index (χ2n) is 15.4. The Hall–Kier alpha value is -3.64. The number of benzene rings is 1. The Balaban J connectivity index is 1.48. The molecule has 12 heteroatoms. The summed E-state index contributed by atoms with van der Waals surface area (Å²) in [5.41, 5.74) is -2.09. The van der Waals surface area contributed by atoms with Crippen molar-refractivity contribution >= 4 is 23.9 Å². The van der Waals surface area contributed by atoms with E-state index >= 15 is 0 Å². The molecule has 1 saturated heterocycles. The number of ether oxygens (including phenoxy) is 7. The molecule has 50 heavy (non-hydrogen) atoms. The zero-order valence-electron chi connectivity index (χ0n) is 30.1. The van der Waals surface area contributed by atoms with E-state index < -0.39 is 75.9 Å². The fraction of sp³-hybridized carbons (Fsp3) is 0.684. The molecular formula is C38H50O12. The summed E-state index contributed by atoms with van der Waals surface area (Å²) >= 11 is 0. The highest BCUT2D eigenvalue weighted by molar-refractivity contribution is 5.68. The molecule has 0 radical (unpaired) electrons. The zero-order valence-corrected chi connectivity index (χ0v) is 30.1. The van der Waals surface area contributed by atoms with Crippen molar-refractivity contribution in [1.29, 1.82) is 0 Å². The van der Waals surface area contributed by atoms with Crippen LogP contribution in [0.15, 0.2) is 29.8 Å². The highest BCUT2D eigenvalue weighted by Gasteiger charge is 2.76. The first kappa shape index (κ1) is 36.2. The van der Waals surface area contributed by atoms with Gasteiger partial charge in [-0.1, -0.05) is 19.9 Å². The fourth-order valence-corrected chi connectivity index (χ4v) is 10.8. The Morgan fingerprint density at radius 3 is 2.28 bits per heavy atom. The van der Waals surface area contributed by atoms with Crippen LogP contribution in [-0.2, 0) is 49.3 Å². The number of rotatable bonds is 9. The van der Waals surface area contributed by atoms with Crippen LogP contribution in [0.25, 0.3) is 0 Å². The van der Waals surface area contributed by atoms with Gasteiger partial charge < -0.3 is 38.3 Å². The maximum atomic E-state index is 13.0. The lowest BCUT2D eigenvalue weighted by atomic mass is 9.36. The molecule has 0 spiro atoms. The van der Waals surface area contributed by atoms with Crippen LogP contribution in [0.3, 0.4) is 0 Å². The first-order valence-electron chi connectivity index (χ1n) is 17.6. The van der Waals surface area contributed by atoms with E-state index in [2.05, 4.69) is 6.92 Å². The van der Waals surface area contributed by atoms with Crippen molar-refractivity contribution in [2.45, 2.75) is 104 Å². The van der Waals surface area contributed by atoms with Crippen LogP contribution < -0.4 is 9.47 Å². The van der Waals surface area contributed by atoms with Crippen LogP contribution in [0.2, 0.25) is 0 Å². The molecule has 1 aromatic carbocycles. The Kier molecular flexibility index (Phi) is 9.52. The smallest absolute Gasteiger partial charge is 0.303 e. The monoisotopic (exact) mass is 698 g/mol. The van der Waals surface area contributed by atoms with Crippen LogP contribution in [0, 0.1) is 34.0 Å². The molecule has 1 N–H and O–H groups in total. The topological polar surface area (TPSA) is 153 Å². The van der Waals surface area contributed by atoms with Crippen LogP contribution >= 0.6 is 0 Å². The van der Waals surface area contributed by atoms with Crippen molar-refractivity contribution in [3.05, 3.63) is 35.4 Å². The van der Waals surface area contributed by atoms with E-state index in [1.54, 1.807) is 0 Å². The third kappa shape index (κ3) is 5.85. The summed E-state index contributed by atoms with van der Waals surface area (Å²) in [5, 5.41) is 12.9. The van der Waals surface area contributed by atoms with E-state index in [9.17, 15) is 24.3 Å². The summed E-state index contributed by atoms with van der Waals surface area (Å²) in [6.07, 6.45) is 1.53. The van der Waals surface area contributed by atoms with Gasteiger partial charge in [0.25, 0.3) is 0 Å². The van der Waals surface area contributed by atoms with Gasteiger partial charge in [0, 0.05) is 50.4 Å². The predicted octanol–water partition coefficient (Wildman–Crippen LogP) is 4.47.